The minimum atomic E-state index is -0.443. The topological polar surface area (TPSA) is 20.7 Å². The van der Waals surface area contributed by atoms with Crippen LogP contribution in [0.2, 0.25) is 5.02 Å². The molecule has 0 radical (unpaired) electrons. The first-order valence-electron chi connectivity index (χ1n) is 4.82. The lowest BCUT2D eigenvalue weighted by Gasteiger charge is -2.02. The fourth-order valence-corrected chi connectivity index (χ4v) is 2.05. The van der Waals surface area contributed by atoms with Gasteiger partial charge in [0.15, 0.2) is 4.77 Å². The summed E-state index contributed by atoms with van der Waals surface area (Å²) in [5, 5.41) is 0.105. The maximum absolute atomic E-state index is 13.2. The minimum Gasteiger partial charge on any atom is -0.330 e. The van der Waals surface area contributed by atoms with E-state index in [1.54, 1.807) is 6.07 Å². The number of fused-ring (bicyclic) bond motifs is 1. The number of aryl methyl sites for hydroxylation is 1. The van der Waals surface area contributed by atoms with Crippen LogP contribution >= 0.6 is 23.8 Å². The molecule has 0 amide bonds. The van der Waals surface area contributed by atoms with Gasteiger partial charge in [0.25, 0.3) is 0 Å². The highest BCUT2D eigenvalue weighted by molar-refractivity contribution is 7.71. The average Bonchev–Trinajstić information content (AvgIpc) is 2.52. The van der Waals surface area contributed by atoms with E-state index in [0.29, 0.717) is 16.8 Å². The SMILES string of the molecule is C=CCCn1c(=S)[nH]c2cc(F)c(Cl)cc21. The second kappa shape index (κ2) is 4.39. The zero-order valence-electron chi connectivity index (χ0n) is 8.46. The van der Waals surface area contributed by atoms with Crippen molar-refractivity contribution >= 4 is 34.9 Å². The van der Waals surface area contributed by atoms with Crippen LogP contribution in [0.4, 0.5) is 4.39 Å². The van der Waals surface area contributed by atoms with Crippen molar-refractivity contribution in [1.82, 2.24) is 9.55 Å². The molecule has 2 nitrogen and oxygen atoms in total. The molecule has 0 bridgehead atoms. The number of imidazole rings is 1. The van der Waals surface area contributed by atoms with Crippen molar-refractivity contribution in [2.24, 2.45) is 0 Å². The highest BCUT2D eigenvalue weighted by atomic mass is 35.5. The van der Waals surface area contributed by atoms with Crippen LogP contribution in [0.1, 0.15) is 6.42 Å². The second-order valence-corrected chi connectivity index (χ2v) is 4.24. The third-order valence-corrected chi connectivity index (χ3v) is 2.99. The Morgan fingerprint density at radius 1 is 1.56 bits per heavy atom. The number of halogens is 2. The van der Waals surface area contributed by atoms with Crippen molar-refractivity contribution in [3.05, 3.63) is 40.4 Å². The van der Waals surface area contributed by atoms with Crippen molar-refractivity contribution in [2.45, 2.75) is 13.0 Å². The van der Waals surface area contributed by atoms with E-state index in [0.717, 1.165) is 11.9 Å². The van der Waals surface area contributed by atoms with E-state index in [9.17, 15) is 4.39 Å². The van der Waals surface area contributed by atoms with Crippen molar-refractivity contribution in [1.29, 1.82) is 0 Å². The van der Waals surface area contributed by atoms with Crippen LogP contribution in [0, 0.1) is 10.6 Å². The number of nitrogens with zero attached hydrogens (tertiary/aromatic N) is 1. The van der Waals surface area contributed by atoms with E-state index in [2.05, 4.69) is 11.6 Å². The van der Waals surface area contributed by atoms with Gasteiger partial charge in [-0.15, -0.1) is 6.58 Å². The van der Waals surface area contributed by atoms with E-state index in [1.165, 1.54) is 6.07 Å². The van der Waals surface area contributed by atoms with Crippen LogP contribution in [0.3, 0.4) is 0 Å². The van der Waals surface area contributed by atoms with Gasteiger partial charge in [-0.2, -0.15) is 0 Å². The molecule has 0 unspecified atom stereocenters. The van der Waals surface area contributed by atoms with Crippen LogP contribution in [0.25, 0.3) is 11.0 Å². The van der Waals surface area contributed by atoms with Gasteiger partial charge in [0.05, 0.1) is 16.1 Å². The maximum atomic E-state index is 13.2. The van der Waals surface area contributed by atoms with Crippen LogP contribution < -0.4 is 0 Å². The summed E-state index contributed by atoms with van der Waals surface area (Å²) in [5.74, 6) is -0.443. The molecular weight excluding hydrogens is 247 g/mol. The summed E-state index contributed by atoms with van der Waals surface area (Å²) in [7, 11) is 0. The third-order valence-electron chi connectivity index (χ3n) is 2.37. The summed E-state index contributed by atoms with van der Waals surface area (Å²) in [4.78, 5) is 2.95. The summed E-state index contributed by atoms with van der Waals surface area (Å²) >= 11 is 10.9. The predicted molar refractivity (Wildman–Crippen MR) is 66.9 cm³/mol. The zero-order chi connectivity index (χ0) is 11.7. The molecule has 5 heteroatoms. The summed E-state index contributed by atoms with van der Waals surface area (Å²) < 4.78 is 15.7. The molecule has 0 saturated carbocycles. The number of hydrogen-bond acceptors (Lipinski definition) is 1. The molecule has 1 heterocycles. The van der Waals surface area contributed by atoms with Crippen LogP contribution in [-0.4, -0.2) is 9.55 Å². The molecule has 1 aromatic carbocycles. The molecule has 0 aliphatic heterocycles. The normalized spacial score (nSPS) is 10.9. The van der Waals surface area contributed by atoms with Gasteiger partial charge in [0.2, 0.25) is 0 Å². The molecule has 0 atom stereocenters. The Bertz CT molecular complexity index is 600. The van der Waals surface area contributed by atoms with Gasteiger partial charge in [-0.05, 0) is 24.7 Å². The molecule has 1 aromatic heterocycles. The maximum Gasteiger partial charge on any atom is 0.178 e. The fraction of sp³-hybridized carbons (Fsp3) is 0.182. The lowest BCUT2D eigenvalue weighted by molar-refractivity contribution is 0.629. The van der Waals surface area contributed by atoms with Gasteiger partial charge in [0, 0.05) is 12.6 Å². The predicted octanol–water partition coefficient (Wildman–Crippen LogP) is 4.07. The highest BCUT2D eigenvalue weighted by Gasteiger charge is 2.08. The summed E-state index contributed by atoms with van der Waals surface area (Å²) in [6, 6.07) is 2.94. The van der Waals surface area contributed by atoms with E-state index < -0.39 is 5.82 Å². The zero-order valence-corrected chi connectivity index (χ0v) is 10.0. The first-order valence-corrected chi connectivity index (χ1v) is 5.60. The molecule has 2 rings (SSSR count). The molecule has 16 heavy (non-hydrogen) atoms. The lowest BCUT2D eigenvalue weighted by atomic mass is 10.3. The quantitative estimate of drug-likeness (QED) is 0.649. The largest absolute Gasteiger partial charge is 0.330 e. The van der Waals surface area contributed by atoms with Gasteiger partial charge in [-0.3, -0.25) is 0 Å². The van der Waals surface area contributed by atoms with E-state index >= 15 is 0 Å². The smallest absolute Gasteiger partial charge is 0.178 e. The van der Waals surface area contributed by atoms with Gasteiger partial charge in [-0.25, -0.2) is 4.39 Å². The van der Waals surface area contributed by atoms with Gasteiger partial charge < -0.3 is 9.55 Å². The van der Waals surface area contributed by atoms with Crippen LogP contribution in [-0.2, 0) is 6.54 Å². The number of hydrogen-bond donors (Lipinski definition) is 1. The van der Waals surface area contributed by atoms with Crippen molar-refractivity contribution in [3.63, 3.8) is 0 Å². The fourth-order valence-electron chi connectivity index (χ4n) is 1.59. The lowest BCUT2D eigenvalue weighted by Crippen LogP contribution is -1.96. The molecule has 0 fully saturated rings. The molecule has 1 N–H and O–H groups in total. The Hall–Kier alpha value is -1.13. The van der Waals surface area contributed by atoms with Crippen molar-refractivity contribution in [3.8, 4) is 0 Å². The molecule has 0 saturated heterocycles. The second-order valence-electron chi connectivity index (χ2n) is 3.44. The molecule has 84 valence electrons. The first kappa shape index (κ1) is 11.4. The third kappa shape index (κ3) is 1.90. The van der Waals surface area contributed by atoms with E-state index in [-0.39, 0.29) is 5.02 Å². The van der Waals surface area contributed by atoms with Crippen molar-refractivity contribution < 1.29 is 4.39 Å². The molecule has 2 aromatic rings. The first-order chi connectivity index (χ1) is 7.63. The number of nitrogens with one attached hydrogen (secondary N) is 1. The Labute approximate surface area is 102 Å². The molecular formula is C11H10ClFN2S. The number of allylic oxidation sites excluding steroid dienone is 1. The number of aromatic nitrogens is 2. The molecule has 0 spiro atoms. The van der Waals surface area contributed by atoms with Crippen LogP contribution in [0.15, 0.2) is 24.8 Å². The van der Waals surface area contributed by atoms with E-state index in [1.807, 2.05) is 10.6 Å². The Morgan fingerprint density at radius 2 is 2.31 bits per heavy atom. The minimum absolute atomic E-state index is 0.105. The average molecular weight is 257 g/mol. The number of aromatic amines is 1. The molecule has 0 aliphatic rings. The standard InChI is InChI=1S/C11H10ClFN2S/c1-2-3-4-15-10-5-7(12)8(13)6-9(10)14-11(15)16/h2,5-6H,1,3-4H2,(H,14,16). The summed E-state index contributed by atoms with van der Waals surface area (Å²) in [6.45, 7) is 4.37. The Kier molecular flexibility index (Phi) is 3.12. The number of rotatable bonds is 3. The van der Waals surface area contributed by atoms with E-state index in [4.69, 9.17) is 23.8 Å². The summed E-state index contributed by atoms with van der Waals surface area (Å²) in [5.41, 5.74) is 1.48. The highest BCUT2D eigenvalue weighted by Crippen LogP contribution is 2.22. The number of H-pyrrole nitrogens is 1. The van der Waals surface area contributed by atoms with Gasteiger partial charge in [-0.1, -0.05) is 17.7 Å². The van der Waals surface area contributed by atoms with Gasteiger partial charge in [0.1, 0.15) is 5.82 Å². The molecule has 0 aliphatic carbocycles. The number of benzene rings is 1. The van der Waals surface area contributed by atoms with Crippen LogP contribution in [0.5, 0.6) is 0 Å². The monoisotopic (exact) mass is 256 g/mol. The Morgan fingerprint density at radius 3 is 3.00 bits per heavy atom. The van der Waals surface area contributed by atoms with Gasteiger partial charge >= 0.3 is 0 Å². The summed E-state index contributed by atoms with van der Waals surface area (Å²) in [6.07, 6.45) is 2.61. The Balaban J connectivity index is 2.64. The van der Waals surface area contributed by atoms with Crippen molar-refractivity contribution in [2.75, 3.05) is 0 Å².